The van der Waals surface area contributed by atoms with Gasteiger partial charge in [-0.05, 0) is 49.9 Å². The molecule has 1 aliphatic rings. The van der Waals surface area contributed by atoms with Crippen molar-refractivity contribution in [2.75, 3.05) is 20.2 Å². The Morgan fingerprint density at radius 3 is 2.52 bits per heavy atom. The minimum absolute atomic E-state index is 0.0343. The second-order valence-electron chi connectivity index (χ2n) is 7.26. The zero-order valence-electron chi connectivity index (χ0n) is 16.7. The first-order valence-electron chi connectivity index (χ1n) is 9.56. The number of sulfonamides is 1. The van der Waals surface area contributed by atoms with Crippen LogP contribution in [0.3, 0.4) is 0 Å². The number of benzene rings is 2. The number of nitrogens with zero attached hydrogens (tertiary/aromatic N) is 2. The molecular weight excluding hydrogens is 408 g/mol. The fourth-order valence-corrected chi connectivity index (χ4v) is 6.07. The number of methoxy groups -OCH3 is 1. The number of rotatable bonds is 5. The number of ether oxygens (including phenoxy) is 2. The van der Waals surface area contributed by atoms with Gasteiger partial charge in [-0.3, -0.25) is 0 Å². The number of thiazole rings is 1. The Morgan fingerprint density at radius 1 is 1.10 bits per heavy atom. The van der Waals surface area contributed by atoms with Gasteiger partial charge in [-0.25, -0.2) is 13.4 Å². The Kier molecular flexibility index (Phi) is 5.50. The lowest BCUT2D eigenvalue weighted by atomic mass is 10.1. The summed E-state index contributed by atoms with van der Waals surface area (Å²) in [6.07, 6.45) is 1.24. The zero-order valence-corrected chi connectivity index (χ0v) is 18.3. The number of hydrogen-bond donors (Lipinski definition) is 0. The van der Waals surface area contributed by atoms with Crippen LogP contribution in [0.25, 0.3) is 10.2 Å². The summed E-state index contributed by atoms with van der Waals surface area (Å²) in [6.45, 7) is 4.97. The van der Waals surface area contributed by atoms with Crippen LogP contribution in [0.15, 0.2) is 41.3 Å². The van der Waals surface area contributed by atoms with Crippen molar-refractivity contribution in [2.24, 2.45) is 0 Å². The molecule has 0 aliphatic carbocycles. The van der Waals surface area contributed by atoms with Crippen molar-refractivity contribution in [3.8, 4) is 10.9 Å². The van der Waals surface area contributed by atoms with Crippen LogP contribution in [0.4, 0.5) is 0 Å². The Morgan fingerprint density at radius 2 is 1.83 bits per heavy atom. The fourth-order valence-electron chi connectivity index (χ4n) is 3.53. The van der Waals surface area contributed by atoms with Gasteiger partial charge in [-0.15, -0.1) is 0 Å². The molecule has 1 saturated heterocycles. The summed E-state index contributed by atoms with van der Waals surface area (Å²) in [5.41, 5.74) is 3.32. The normalized spacial score (nSPS) is 16.2. The van der Waals surface area contributed by atoms with Gasteiger partial charge in [-0.1, -0.05) is 29.5 Å². The van der Waals surface area contributed by atoms with Crippen LogP contribution < -0.4 is 9.47 Å². The minimum atomic E-state index is -3.54. The maximum atomic E-state index is 12.9. The van der Waals surface area contributed by atoms with Crippen molar-refractivity contribution >= 4 is 31.6 Å². The molecule has 1 aromatic heterocycles. The lowest BCUT2D eigenvalue weighted by Gasteiger charge is -2.30. The summed E-state index contributed by atoms with van der Waals surface area (Å²) < 4.78 is 39.8. The fraction of sp³-hybridized carbons (Fsp3) is 0.381. The van der Waals surface area contributed by atoms with Crippen molar-refractivity contribution < 1.29 is 17.9 Å². The van der Waals surface area contributed by atoms with Gasteiger partial charge >= 0.3 is 0 Å². The van der Waals surface area contributed by atoms with E-state index in [2.05, 4.69) is 24.0 Å². The number of aryl methyl sites for hydroxylation is 2. The maximum absolute atomic E-state index is 12.9. The summed E-state index contributed by atoms with van der Waals surface area (Å²) in [4.78, 5) is 4.91. The van der Waals surface area contributed by atoms with Gasteiger partial charge < -0.3 is 9.47 Å². The van der Waals surface area contributed by atoms with Gasteiger partial charge in [0.05, 0.1) is 22.2 Å². The molecule has 0 N–H and O–H groups in total. The van der Waals surface area contributed by atoms with Crippen molar-refractivity contribution in [1.29, 1.82) is 0 Å². The molecular formula is C21H24N2O4S2. The Labute approximate surface area is 175 Å². The summed E-state index contributed by atoms with van der Waals surface area (Å²) >= 11 is 1.56. The highest BCUT2D eigenvalue weighted by Gasteiger charge is 2.31. The van der Waals surface area contributed by atoms with Crippen LogP contribution in [0.2, 0.25) is 0 Å². The van der Waals surface area contributed by atoms with Gasteiger partial charge in [-0.2, -0.15) is 4.31 Å². The number of hydrogen-bond acceptors (Lipinski definition) is 6. The van der Waals surface area contributed by atoms with Crippen LogP contribution in [0.1, 0.15) is 24.0 Å². The van der Waals surface area contributed by atoms with Gasteiger partial charge in [0.2, 0.25) is 10.0 Å². The molecule has 0 radical (unpaired) electrons. The SMILES string of the molecule is COc1cccc(S(=O)(=O)N2CCC(Oc3nc4c(C)ccc(C)c4s3)CC2)c1. The average molecular weight is 433 g/mol. The van der Waals surface area contributed by atoms with Crippen LogP contribution in [-0.4, -0.2) is 44.0 Å². The molecule has 3 aromatic rings. The molecule has 0 saturated carbocycles. The molecule has 154 valence electrons. The van der Waals surface area contributed by atoms with E-state index >= 15 is 0 Å². The van der Waals surface area contributed by atoms with Crippen molar-refractivity contribution in [3.05, 3.63) is 47.5 Å². The number of aromatic nitrogens is 1. The first-order valence-corrected chi connectivity index (χ1v) is 11.8. The predicted octanol–water partition coefficient (Wildman–Crippen LogP) is 4.15. The second-order valence-corrected chi connectivity index (χ2v) is 10.2. The Balaban J connectivity index is 1.44. The molecule has 8 heteroatoms. The third kappa shape index (κ3) is 3.97. The van der Waals surface area contributed by atoms with E-state index in [1.165, 1.54) is 17.0 Å². The highest BCUT2D eigenvalue weighted by Crippen LogP contribution is 2.34. The lowest BCUT2D eigenvalue weighted by molar-refractivity contribution is 0.135. The largest absolute Gasteiger partial charge is 0.497 e. The number of fused-ring (bicyclic) bond motifs is 1. The molecule has 0 spiro atoms. The average Bonchev–Trinajstić information content (AvgIpc) is 3.16. The maximum Gasteiger partial charge on any atom is 0.274 e. The molecule has 2 heterocycles. The summed E-state index contributed by atoms with van der Waals surface area (Å²) in [6, 6.07) is 10.8. The quantitative estimate of drug-likeness (QED) is 0.606. The summed E-state index contributed by atoms with van der Waals surface area (Å²) in [5.74, 6) is 0.533. The molecule has 4 rings (SSSR count). The van der Waals surface area contributed by atoms with E-state index < -0.39 is 10.0 Å². The molecule has 0 unspecified atom stereocenters. The molecule has 6 nitrogen and oxygen atoms in total. The van der Waals surface area contributed by atoms with Crippen molar-refractivity contribution in [1.82, 2.24) is 9.29 Å². The van der Waals surface area contributed by atoms with Gasteiger partial charge in [0.1, 0.15) is 11.9 Å². The molecule has 0 bridgehead atoms. The van der Waals surface area contributed by atoms with Crippen LogP contribution in [0, 0.1) is 13.8 Å². The third-order valence-corrected chi connectivity index (χ3v) is 8.25. The highest BCUT2D eigenvalue weighted by atomic mass is 32.2. The van der Waals surface area contributed by atoms with Crippen LogP contribution >= 0.6 is 11.3 Å². The monoisotopic (exact) mass is 432 g/mol. The van der Waals surface area contributed by atoms with E-state index in [-0.39, 0.29) is 11.0 Å². The third-order valence-electron chi connectivity index (χ3n) is 5.27. The van der Waals surface area contributed by atoms with Crippen LogP contribution in [-0.2, 0) is 10.0 Å². The highest BCUT2D eigenvalue weighted by molar-refractivity contribution is 7.89. The van der Waals surface area contributed by atoms with E-state index in [0.717, 1.165) is 15.8 Å². The topological polar surface area (TPSA) is 68.7 Å². The standard InChI is InChI=1S/C21H24N2O4S2/c1-14-7-8-15(2)20-19(14)22-21(28-20)27-16-9-11-23(12-10-16)29(24,25)18-6-4-5-17(13-18)26-3/h4-8,13,16H,9-12H2,1-3H3. The number of piperidine rings is 1. The first-order chi connectivity index (χ1) is 13.9. The lowest BCUT2D eigenvalue weighted by Crippen LogP contribution is -2.41. The van der Waals surface area contributed by atoms with Gasteiger partial charge in [0.25, 0.3) is 5.19 Å². The predicted molar refractivity (Wildman–Crippen MR) is 114 cm³/mol. The summed E-state index contributed by atoms with van der Waals surface area (Å²) in [5, 5.41) is 0.659. The molecule has 1 fully saturated rings. The van der Waals surface area contributed by atoms with E-state index in [1.807, 2.05) is 6.92 Å². The van der Waals surface area contributed by atoms with Crippen LogP contribution in [0.5, 0.6) is 10.9 Å². The van der Waals surface area contributed by atoms with E-state index in [0.29, 0.717) is 36.9 Å². The van der Waals surface area contributed by atoms with E-state index in [4.69, 9.17) is 9.47 Å². The van der Waals surface area contributed by atoms with Gasteiger partial charge in [0, 0.05) is 19.2 Å². The molecule has 0 amide bonds. The smallest absolute Gasteiger partial charge is 0.274 e. The molecule has 2 aromatic carbocycles. The first kappa shape index (κ1) is 20.1. The van der Waals surface area contributed by atoms with Crippen molar-refractivity contribution in [2.45, 2.75) is 37.7 Å². The Bertz CT molecular complexity index is 1090. The minimum Gasteiger partial charge on any atom is -0.497 e. The van der Waals surface area contributed by atoms with Gasteiger partial charge in [0.15, 0.2) is 0 Å². The molecule has 0 atom stereocenters. The summed E-state index contributed by atoms with van der Waals surface area (Å²) in [7, 11) is -2.01. The second kappa shape index (κ2) is 7.93. The Hall–Kier alpha value is -2.16. The van der Waals surface area contributed by atoms with Crippen molar-refractivity contribution in [3.63, 3.8) is 0 Å². The van der Waals surface area contributed by atoms with E-state index in [1.54, 1.807) is 35.6 Å². The zero-order chi connectivity index (χ0) is 20.6. The molecule has 29 heavy (non-hydrogen) atoms. The molecule has 1 aliphatic heterocycles. The van der Waals surface area contributed by atoms with E-state index in [9.17, 15) is 8.42 Å².